The number of halogens is 1. The van der Waals surface area contributed by atoms with Crippen LogP contribution in [0, 0.1) is 16.4 Å². The average Bonchev–Trinajstić information content (AvgIpc) is 2.66. The van der Waals surface area contributed by atoms with Gasteiger partial charge in [-0.05, 0) is 78.6 Å². The summed E-state index contributed by atoms with van der Waals surface area (Å²) in [5, 5.41) is 0. The lowest BCUT2D eigenvalue weighted by Crippen LogP contribution is -2.43. The molecule has 1 heterocycles. The van der Waals surface area contributed by atoms with Crippen LogP contribution in [0.5, 0.6) is 0 Å². The van der Waals surface area contributed by atoms with E-state index < -0.39 is 10.0 Å². The zero-order chi connectivity index (χ0) is 19.4. The van der Waals surface area contributed by atoms with E-state index in [2.05, 4.69) is 27.3 Å². The fourth-order valence-corrected chi connectivity index (χ4v) is 4.91. The van der Waals surface area contributed by atoms with Crippen LogP contribution in [0.2, 0.25) is 0 Å². The number of nitrogens with one attached hydrogen (secondary N) is 1. The summed E-state index contributed by atoms with van der Waals surface area (Å²) in [7, 11) is -3.53. The van der Waals surface area contributed by atoms with Crippen molar-refractivity contribution in [3.8, 4) is 0 Å². The van der Waals surface area contributed by atoms with Crippen LogP contribution in [-0.4, -0.2) is 38.9 Å². The van der Waals surface area contributed by atoms with Crippen LogP contribution in [0.25, 0.3) is 0 Å². The maximum Gasteiger partial charge on any atom is 0.253 e. The first-order chi connectivity index (χ1) is 12.8. The van der Waals surface area contributed by atoms with Crippen LogP contribution in [0.15, 0.2) is 53.4 Å². The molecule has 27 heavy (non-hydrogen) atoms. The van der Waals surface area contributed by atoms with Crippen molar-refractivity contribution in [2.75, 3.05) is 19.6 Å². The molecule has 1 aliphatic heterocycles. The van der Waals surface area contributed by atoms with E-state index in [9.17, 15) is 13.2 Å². The number of piperidine rings is 1. The number of amides is 1. The van der Waals surface area contributed by atoms with Crippen molar-refractivity contribution in [2.24, 2.45) is 5.92 Å². The summed E-state index contributed by atoms with van der Waals surface area (Å²) in [5.41, 5.74) is 1.70. The number of carbonyl (C=O) groups excluding carboxylic acids is 1. The molecular weight excluding hydrogens is 475 g/mol. The molecular formula is C20H23IN2O3S. The van der Waals surface area contributed by atoms with Gasteiger partial charge in [-0.2, -0.15) is 0 Å². The van der Waals surface area contributed by atoms with Gasteiger partial charge in [-0.3, -0.25) is 4.79 Å². The maximum atomic E-state index is 12.7. The van der Waals surface area contributed by atoms with Crippen molar-refractivity contribution >= 4 is 38.5 Å². The van der Waals surface area contributed by atoms with Crippen LogP contribution >= 0.6 is 22.6 Å². The Hall–Kier alpha value is -1.45. The summed E-state index contributed by atoms with van der Waals surface area (Å²) >= 11 is 2.20. The Morgan fingerprint density at radius 2 is 1.96 bits per heavy atom. The molecule has 1 saturated heterocycles. The molecule has 3 rings (SSSR count). The molecule has 1 aliphatic rings. The highest BCUT2D eigenvalue weighted by atomic mass is 127. The fourth-order valence-electron chi connectivity index (χ4n) is 3.25. The van der Waals surface area contributed by atoms with Crippen molar-refractivity contribution in [3.05, 3.63) is 63.2 Å². The number of likely N-dealkylation sites (tertiary alicyclic amines) is 1. The first-order valence-electron chi connectivity index (χ1n) is 8.96. The Morgan fingerprint density at radius 1 is 1.22 bits per heavy atom. The number of hydrogen-bond donors (Lipinski definition) is 1. The van der Waals surface area contributed by atoms with Crippen LogP contribution in [0.1, 0.15) is 28.8 Å². The zero-order valence-electron chi connectivity index (χ0n) is 15.2. The predicted molar refractivity (Wildman–Crippen MR) is 114 cm³/mol. The standard InChI is InChI=1S/C20H23IN2O3S/c1-15-7-9-19(10-8-15)27(25,26)22-13-16-4-3-11-23(14-16)20(24)17-5-2-6-18(21)12-17/h2,5-10,12,16,22H,3-4,11,13-14H2,1H3. The van der Waals surface area contributed by atoms with Gasteiger partial charge in [0.25, 0.3) is 5.91 Å². The van der Waals surface area contributed by atoms with E-state index in [-0.39, 0.29) is 16.7 Å². The second-order valence-electron chi connectivity index (χ2n) is 6.93. The number of benzene rings is 2. The fraction of sp³-hybridized carbons (Fsp3) is 0.350. The van der Waals surface area contributed by atoms with Crippen molar-refractivity contribution in [3.63, 3.8) is 0 Å². The molecule has 2 aromatic rings. The quantitative estimate of drug-likeness (QED) is 0.643. The summed E-state index contributed by atoms with van der Waals surface area (Å²) in [6.45, 7) is 3.55. The first-order valence-corrected chi connectivity index (χ1v) is 11.5. The van der Waals surface area contributed by atoms with Crippen molar-refractivity contribution in [1.82, 2.24) is 9.62 Å². The van der Waals surface area contributed by atoms with Gasteiger partial charge in [0.2, 0.25) is 10.0 Å². The lowest BCUT2D eigenvalue weighted by molar-refractivity contribution is 0.0676. The number of aryl methyl sites for hydroxylation is 1. The van der Waals surface area contributed by atoms with Gasteiger partial charge in [-0.15, -0.1) is 0 Å². The molecule has 1 unspecified atom stereocenters. The molecule has 1 fully saturated rings. The molecule has 0 bridgehead atoms. The Labute approximate surface area is 174 Å². The SMILES string of the molecule is Cc1ccc(S(=O)(=O)NCC2CCCN(C(=O)c3cccc(I)c3)C2)cc1. The van der Waals surface area contributed by atoms with Gasteiger partial charge in [0.1, 0.15) is 0 Å². The normalized spacial score (nSPS) is 17.7. The minimum Gasteiger partial charge on any atom is -0.338 e. The zero-order valence-corrected chi connectivity index (χ0v) is 18.2. The van der Waals surface area contributed by atoms with E-state index >= 15 is 0 Å². The molecule has 0 spiro atoms. The Bertz CT molecular complexity index is 913. The number of hydrogen-bond acceptors (Lipinski definition) is 3. The Kier molecular flexibility index (Phi) is 6.54. The van der Waals surface area contributed by atoms with Crippen molar-refractivity contribution in [1.29, 1.82) is 0 Å². The van der Waals surface area contributed by atoms with Gasteiger partial charge < -0.3 is 4.90 Å². The van der Waals surface area contributed by atoms with Gasteiger partial charge in [-0.25, -0.2) is 13.1 Å². The Morgan fingerprint density at radius 3 is 2.67 bits per heavy atom. The van der Waals surface area contributed by atoms with Crippen molar-refractivity contribution in [2.45, 2.75) is 24.7 Å². The molecule has 2 aromatic carbocycles. The molecule has 0 radical (unpaired) electrons. The van der Waals surface area contributed by atoms with Crippen molar-refractivity contribution < 1.29 is 13.2 Å². The largest absolute Gasteiger partial charge is 0.338 e. The molecule has 144 valence electrons. The molecule has 0 aromatic heterocycles. The third-order valence-corrected chi connectivity index (χ3v) is 6.88. The van der Waals surface area contributed by atoms with E-state index in [1.807, 2.05) is 36.1 Å². The van der Waals surface area contributed by atoms with Crippen LogP contribution in [-0.2, 0) is 10.0 Å². The topological polar surface area (TPSA) is 66.5 Å². The predicted octanol–water partition coefficient (Wildman–Crippen LogP) is 3.43. The Balaban J connectivity index is 1.61. The molecule has 1 atom stereocenters. The number of sulfonamides is 1. The number of carbonyl (C=O) groups is 1. The maximum absolute atomic E-state index is 12.7. The van der Waals surface area contributed by atoms with E-state index in [1.54, 1.807) is 24.3 Å². The highest BCUT2D eigenvalue weighted by Gasteiger charge is 2.26. The van der Waals surface area contributed by atoms with E-state index in [0.717, 1.165) is 22.0 Å². The first kappa shape index (κ1) is 20.3. The second kappa shape index (κ2) is 8.70. The molecule has 0 saturated carbocycles. The smallest absolute Gasteiger partial charge is 0.253 e. The van der Waals surface area contributed by atoms with E-state index in [0.29, 0.717) is 25.2 Å². The summed E-state index contributed by atoms with van der Waals surface area (Å²) in [6.07, 6.45) is 1.79. The number of nitrogens with zero attached hydrogens (tertiary/aromatic N) is 1. The van der Waals surface area contributed by atoms with Gasteiger partial charge in [0, 0.05) is 28.8 Å². The third kappa shape index (κ3) is 5.30. The third-order valence-electron chi connectivity index (χ3n) is 4.77. The average molecular weight is 498 g/mol. The summed E-state index contributed by atoms with van der Waals surface area (Å²) in [5.74, 6) is 0.130. The van der Waals surface area contributed by atoms with Gasteiger partial charge in [-0.1, -0.05) is 23.8 Å². The lowest BCUT2D eigenvalue weighted by Gasteiger charge is -2.33. The van der Waals surface area contributed by atoms with E-state index in [4.69, 9.17) is 0 Å². The van der Waals surface area contributed by atoms with Gasteiger partial charge in [0.05, 0.1) is 4.90 Å². The van der Waals surface area contributed by atoms with E-state index in [1.165, 1.54) is 0 Å². The highest BCUT2D eigenvalue weighted by molar-refractivity contribution is 14.1. The molecule has 7 heteroatoms. The molecule has 0 aliphatic carbocycles. The van der Waals surface area contributed by atoms with Gasteiger partial charge >= 0.3 is 0 Å². The molecule has 1 N–H and O–H groups in total. The van der Waals surface area contributed by atoms with Gasteiger partial charge in [0.15, 0.2) is 0 Å². The van der Waals surface area contributed by atoms with Crippen LogP contribution < -0.4 is 4.72 Å². The minimum absolute atomic E-state index is 0.0135. The molecule has 1 amide bonds. The summed E-state index contributed by atoms with van der Waals surface area (Å²) < 4.78 is 28.7. The molecule has 5 nitrogen and oxygen atoms in total. The number of rotatable bonds is 5. The second-order valence-corrected chi connectivity index (χ2v) is 9.95. The highest BCUT2D eigenvalue weighted by Crippen LogP contribution is 2.20. The minimum atomic E-state index is -3.53. The van der Waals surface area contributed by atoms with Crippen LogP contribution in [0.4, 0.5) is 0 Å². The lowest BCUT2D eigenvalue weighted by atomic mass is 9.97. The summed E-state index contributed by atoms with van der Waals surface area (Å²) in [6, 6.07) is 14.4. The van der Waals surface area contributed by atoms with Crippen LogP contribution in [0.3, 0.4) is 0 Å². The monoisotopic (exact) mass is 498 g/mol. The summed E-state index contributed by atoms with van der Waals surface area (Å²) in [4.78, 5) is 14.8.